The van der Waals surface area contributed by atoms with E-state index in [4.69, 9.17) is 5.73 Å². The van der Waals surface area contributed by atoms with Crippen molar-refractivity contribution in [3.8, 4) is 0 Å². The van der Waals surface area contributed by atoms with Gasteiger partial charge in [-0.15, -0.1) is 24.8 Å². The van der Waals surface area contributed by atoms with E-state index in [2.05, 4.69) is 15.2 Å². The van der Waals surface area contributed by atoms with Gasteiger partial charge in [0.05, 0.1) is 5.69 Å². The van der Waals surface area contributed by atoms with Crippen molar-refractivity contribution < 1.29 is 9.90 Å². The molecule has 1 aromatic heterocycles. The summed E-state index contributed by atoms with van der Waals surface area (Å²) >= 11 is 0. The fraction of sp³-hybridized carbons (Fsp3) is 0.500. The van der Waals surface area contributed by atoms with Gasteiger partial charge in [-0.25, -0.2) is 4.98 Å². The Hall–Kier alpha value is -1.86. The van der Waals surface area contributed by atoms with Gasteiger partial charge in [0, 0.05) is 31.6 Å². The number of pyridine rings is 1. The molecule has 176 valence electrons. The molecule has 1 atom stereocenters. The van der Waals surface area contributed by atoms with Gasteiger partial charge in [0.1, 0.15) is 5.82 Å². The number of aromatic nitrogens is 1. The summed E-state index contributed by atoms with van der Waals surface area (Å²) in [5.74, 6) is 0.285. The van der Waals surface area contributed by atoms with E-state index in [1.54, 1.807) is 6.07 Å². The van der Waals surface area contributed by atoms with Crippen LogP contribution in [0.3, 0.4) is 0 Å². The number of aliphatic hydroxyl groups is 1. The number of hydrogen-bond acceptors (Lipinski definition) is 5. The summed E-state index contributed by atoms with van der Waals surface area (Å²) < 4.78 is 0. The summed E-state index contributed by atoms with van der Waals surface area (Å²) in [5.41, 5.74) is 6.01. The molecule has 2 aromatic rings. The van der Waals surface area contributed by atoms with E-state index in [9.17, 15) is 9.90 Å². The lowest BCUT2D eigenvalue weighted by molar-refractivity contribution is -0.148. The van der Waals surface area contributed by atoms with E-state index in [1.165, 1.54) is 0 Å². The van der Waals surface area contributed by atoms with Crippen LogP contribution < -0.4 is 11.1 Å². The van der Waals surface area contributed by atoms with E-state index in [-0.39, 0.29) is 42.7 Å². The van der Waals surface area contributed by atoms with Crippen LogP contribution in [0.1, 0.15) is 49.8 Å². The number of piperidine rings is 1. The molecule has 1 aliphatic carbocycles. The van der Waals surface area contributed by atoms with Crippen LogP contribution in [0.5, 0.6) is 0 Å². The summed E-state index contributed by atoms with van der Waals surface area (Å²) in [5, 5.41) is 14.8. The minimum Gasteiger partial charge on any atom is -0.384 e. The minimum atomic E-state index is -1.44. The second-order valence-electron chi connectivity index (χ2n) is 8.69. The zero-order valence-electron chi connectivity index (χ0n) is 18.3. The predicted molar refractivity (Wildman–Crippen MR) is 132 cm³/mol. The van der Waals surface area contributed by atoms with Gasteiger partial charge in [-0.1, -0.05) is 49.2 Å². The first kappa shape index (κ1) is 26.4. The first-order chi connectivity index (χ1) is 14.6. The Morgan fingerprint density at radius 2 is 1.69 bits per heavy atom. The van der Waals surface area contributed by atoms with E-state index in [0.29, 0.717) is 11.4 Å². The molecule has 6 nitrogen and oxygen atoms in total. The SMILES string of the molecule is Cl.Cl.Nc1cccc(CN2CCC(NC(=O)C(O)(c3ccccc3)C3CCCC3)CC2)n1. The van der Waals surface area contributed by atoms with Crippen molar-refractivity contribution in [2.75, 3.05) is 18.8 Å². The second kappa shape index (κ2) is 11.8. The molecule has 1 aromatic carbocycles. The molecular formula is C24H34Cl2N4O2. The molecule has 0 bridgehead atoms. The number of carbonyl (C=O) groups is 1. The second-order valence-corrected chi connectivity index (χ2v) is 8.69. The number of nitrogens with zero attached hydrogens (tertiary/aromatic N) is 2. The maximum absolute atomic E-state index is 13.3. The van der Waals surface area contributed by atoms with Gasteiger partial charge in [-0.2, -0.15) is 0 Å². The summed E-state index contributed by atoms with van der Waals surface area (Å²) in [7, 11) is 0. The van der Waals surface area contributed by atoms with Crippen LogP contribution in [0.15, 0.2) is 48.5 Å². The van der Waals surface area contributed by atoms with Gasteiger partial charge in [-0.05, 0) is 43.4 Å². The lowest BCUT2D eigenvalue weighted by Crippen LogP contribution is -2.54. The van der Waals surface area contributed by atoms with Crippen LogP contribution in [-0.2, 0) is 16.9 Å². The van der Waals surface area contributed by atoms with Crippen molar-refractivity contribution in [3.05, 3.63) is 59.8 Å². The average molecular weight is 481 g/mol. The highest BCUT2D eigenvalue weighted by molar-refractivity contribution is 5.87. The molecule has 8 heteroatoms. The smallest absolute Gasteiger partial charge is 0.257 e. The number of hydrogen-bond donors (Lipinski definition) is 3. The number of anilines is 1. The van der Waals surface area contributed by atoms with Crippen molar-refractivity contribution in [2.45, 2.75) is 56.7 Å². The Morgan fingerprint density at radius 3 is 2.31 bits per heavy atom. The van der Waals surface area contributed by atoms with Gasteiger partial charge in [-0.3, -0.25) is 9.69 Å². The zero-order chi connectivity index (χ0) is 21.0. The summed E-state index contributed by atoms with van der Waals surface area (Å²) in [6.45, 7) is 2.53. The van der Waals surface area contributed by atoms with Crippen LogP contribution in [-0.4, -0.2) is 40.0 Å². The topological polar surface area (TPSA) is 91.5 Å². The number of amides is 1. The molecule has 32 heavy (non-hydrogen) atoms. The number of likely N-dealkylation sites (tertiary alicyclic amines) is 1. The quantitative estimate of drug-likeness (QED) is 0.586. The normalized spacial score (nSPS) is 19.4. The standard InChI is InChI=1S/C24H32N4O2.2ClH/c25-22-12-6-11-21(26-22)17-28-15-13-20(14-16-28)27-23(29)24(30,19-9-4-5-10-19)18-7-2-1-3-8-18;;/h1-3,6-8,11-12,19-20,30H,4-5,9-10,13-17H2,(H2,25,26)(H,27,29);2*1H. The van der Waals surface area contributed by atoms with Gasteiger partial charge in [0.15, 0.2) is 5.60 Å². The van der Waals surface area contributed by atoms with Crippen molar-refractivity contribution >= 4 is 36.5 Å². The number of nitrogens with two attached hydrogens (primary N) is 1. The molecule has 4 N–H and O–H groups in total. The highest BCUT2D eigenvalue weighted by Gasteiger charge is 2.46. The zero-order valence-corrected chi connectivity index (χ0v) is 19.9. The monoisotopic (exact) mass is 480 g/mol. The maximum Gasteiger partial charge on any atom is 0.257 e. The third kappa shape index (κ3) is 5.93. The first-order valence-corrected chi connectivity index (χ1v) is 11.1. The number of benzene rings is 1. The molecular weight excluding hydrogens is 447 g/mol. The summed E-state index contributed by atoms with van der Waals surface area (Å²) in [6, 6.07) is 15.3. The number of halogens is 2. The largest absolute Gasteiger partial charge is 0.384 e. The molecule has 1 amide bonds. The Labute approximate surface area is 202 Å². The van der Waals surface area contributed by atoms with Gasteiger partial charge in [0.2, 0.25) is 0 Å². The lowest BCUT2D eigenvalue weighted by atomic mass is 9.79. The molecule has 2 heterocycles. The Morgan fingerprint density at radius 1 is 1.03 bits per heavy atom. The summed E-state index contributed by atoms with van der Waals surface area (Å²) in [6.07, 6.45) is 5.66. The average Bonchev–Trinajstić information content (AvgIpc) is 3.31. The molecule has 1 unspecified atom stereocenters. The third-order valence-corrected chi connectivity index (χ3v) is 6.64. The fourth-order valence-corrected chi connectivity index (χ4v) is 4.93. The van der Waals surface area contributed by atoms with E-state index < -0.39 is 5.60 Å². The molecule has 1 saturated carbocycles. The number of rotatable bonds is 6. The number of carbonyl (C=O) groups excluding carboxylic acids is 1. The molecule has 1 aliphatic heterocycles. The lowest BCUT2D eigenvalue weighted by Gasteiger charge is -2.37. The van der Waals surface area contributed by atoms with Gasteiger partial charge >= 0.3 is 0 Å². The fourth-order valence-electron chi connectivity index (χ4n) is 4.93. The number of nitrogen functional groups attached to an aromatic ring is 1. The van der Waals surface area contributed by atoms with Crippen LogP contribution in [0.4, 0.5) is 5.82 Å². The van der Waals surface area contributed by atoms with Crippen LogP contribution in [0.25, 0.3) is 0 Å². The van der Waals surface area contributed by atoms with Crippen molar-refractivity contribution in [1.29, 1.82) is 0 Å². The van der Waals surface area contributed by atoms with E-state index in [1.807, 2.05) is 42.5 Å². The molecule has 0 radical (unpaired) electrons. The Balaban J connectivity index is 0.00000181. The Bertz CT molecular complexity index is 856. The highest BCUT2D eigenvalue weighted by atomic mass is 35.5. The number of nitrogens with one attached hydrogen (secondary N) is 1. The third-order valence-electron chi connectivity index (χ3n) is 6.64. The molecule has 0 spiro atoms. The van der Waals surface area contributed by atoms with E-state index in [0.717, 1.165) is 63.9 Å². The Kier molecular flexibility index (Phi) is 9.77. The van der Waals surface area contributed by atoms with Gasteiger partial charge in [0.25, 0.3) is 5.91 Å². The van der Waals surface area contributed by atoms with Crippen LogP contribution in [0.2, 0.25) is 0 Å². The minimum absolute atomic E-state index is 0. The predicted octanol–water partition coefficient (Wildman–Crippen LogP) is 3.67. The van der Waals surface area contributed by atoms with Crippen LogP contribution in [0, 0.1) is 5.92 Å². The van der Waals surface area contributed by atoms with Crippen LogP contribution >= 0.6 is 24.8 Å². The van der Waals surface area contributed by atoms with Crippen molar-refractivity contribution in [3.63, 3.8) is 0 Å². The van der Waals surface area contributed by atoms with E-state index >= 15 is 0 Å². The molecule has 1 saturated heterocycles. The maximum atomic E-state index is 13.3. The molecule has 2 aliphatic rings. The van der Waals surface area contributed by atoms with Gasteiger partial charge < -0.3 is 16.2 Å². The highest BCUT2D eigenvalue weighted by Crippen LogP contribution is 2.41. The first-order valence-electron chi connectivity index (χ1n) is 11.1. The van der Waals surface area contributed by atoms with Crippen molar-refractivity contribution in [1.82, 2.24) is 15.2 Å². The molecule has 4 rings (SSSR count). The van der Waals surface area contributed by atoms with Crippen molar-refractivity contribution in [2.24, 2.45) is 5.92 Å². The summed E-state index contributed by atoms with van der Waals surface area (Å²) in [4.78, 5) is 20.0. The molecule has 2 fully saturated rings.